The summed E-state index contributed by atoms with van der Waals surface area (Å²) in [5, 5.41) is 3.72. The van der Waals surface area contributed by atoms with Crippen LogP contribution >= 0.6 is 0 Å². The van der Waals surface area contributed by atoms with Crippen LogP contribution in [0.4, 0.5) is 5.69 Å². The van der Waals surface area contributed by atoms with E-state index in [1.165, 1.54) is 65.9 Å². The van der Waals surface area contributed by atoms with Crippen LogP contribution < -0.4 is 5.32 Å². The average Bonchev–Trinajstić information content (AvgIpc) is 2.79. The van der Waals surface area contributed by atoms with Gasteiger partial charge < -0.3 is 5.32 Å². The molecule has 0 radical (unpaired) electrons. The number of benzene rings is 3. The molecule has 1 fully saturated rings. The van der Waals surface area contributed by atoms with Gasteiger partial charge in [-0.1, -0.05) is 86.0 Å². The fourth-order valence-electron chi connectivity index (χ4n) is 5.00. The van der Waals surface area contributed by atoms with Crippen LogP contribution in [-0.2, 0) is 13.0 Å². The van der Waals surface area contributed by atoms with Gasteiger partial charge in [0.2, 0.25) is 0 Å². The Morgan fingerprint density at radius 2 is 1.52 bits per heavy atom. The predicted molar refractivity (Wildman–Crippen MR) is 122 cm³/mol. The SMILES string of the molecule is c1ccc(-c2cccc(CN=C3Nc4ccccc4CC34CCCCC4)c2)cc1. The largest absolute Gasteiger partial charge is 0.343 e. The second-order valence-electron chi connectivity index (χ2n) is 8.53. The fourth-order valence-corrected chi connectivity index (χ4v) is 5.00. The van der Waals surface area contributed by atoms with Crippen LogP contribution in [0, 0.1) is 5.41 Å². The summed E-state index contributed by atoms with van der Waals surface area (Å²) in [6.07, 6.45) is 7.60. The Morgan fingerprint density at radius 3 is 2.38 bits per heavy atom. The molecule has 5 rings (SSSR count). The number of aliphatic imine (C=N–C) groups is 1. The maximum Gasteiger partial charge on any atom is 0.108 e. The highest BCUT2D eigenvalue weighted by Gasteiger charge is 2.40. The Labute approximate surface area is 173 Å². The van der Waals surface area contributed by atoms with E-state index in [1.54, 1.807) is 0 Å². The molecule has 0 saturated heterocycles. The maximum absolute atomic E-state index is 5.17. The van der Waals surface area contributed by atoms with Gasteiger partial charge in [-0.3, -0.25) is 4.99 Å². The van der Waals surface area contributed by atoms with Crippen molar-refractivity contribution in [2.75, 3.05) is 5.32 Å². The molecule has 0 unspecified atom stereocenters. The van der Waals surface area contributed by atoms with Crippen LogP contribution in [0.1, 0.15) is 43.2 Å². The molecule has 1 heterocycles. The van der Waals surface area contributed by atoms with Gasteiger partial charge in [0.25, 0.3) is 0 Å². The number of para-hydroxylation sites is 1. The molecule has 0 aromatic heterocycles. The minimum absolute atomic E-state index is 0.198. The molecule has 29 heavy (non-hydrogen) atoms. The molecule has 3 aromatic rings. The maximum atomic E-state index is 5.17. The van der Waals surface area contributed by atoms with Gasteiger partial charge in [-0.2, -0.15) is 0 Å². The van der Waals surface area contributed by atoms with E-state index >= 15 is 0 Å². The number of hydrogen-bond donors (Lipinski definition) is 1. The van der Waals surface area contributed by atoms with Gasteiger partial charge in [0.1, 0.15) is 5.84 Å². The van der Waals surface area contributed by atoms with Crippen LogP contribution in [0.3, 0.4) is 0 Å². The lowest BCUT2D eigenvalue weighted by Gasteiger charge is -2.42. The summed E-state index contributed by atoms with van der Waals surface area (Å²) in [6.45, 7) is 0.729. The summed E-state index contributed by atoms with van der Waals surface area (Å²) in [7, 11) is 0. The number of hydrogen-bond acceptors (Lipinski definition) is 1. The van der Waals surface area contributed by atoms with Gasteiger partial charge >= 0.3 is 0 Å². The highest BCUT2D eigenvalue weighted by molar-refractivity contribution is 6.02. The van der Waals surface area contributed by atoms with E-state index in [0.29, 0.717) is 0 Å². The van der Waals surface area contributed by atoms with E-state index in [9.17, 15) is 0 Å². The second kappa shape index (κ2) is 7.87. The molecule has 1 N–H and O–H groups in total. The summed E-state index contributed by atoms with van der Waals surface area (Å²) in [5.74, 6) is 1.21. The molecule has 2 nitrogen and oxygen atoms in total. The van der Waals surface area contributed by atoms with Gasteiger partial charge in [0.15, 0.2) is 0 Å². The number of nitrogens with zero attached hydrogens (tertiary/aromatic N) is 1. The summed E-state index contributed by atoms with van der Waals surface area (Å²) < 4.78 is 0. The minimum Gasteiger partial charge on any atom is -0.343 e. The first kappa shape index (κ1) is 18.2. The molecule has 2 aliphatic rings. The van der Waals surface area contributed by atoms with E-state index in [1.807, 2.05) is 0 Å². The predicted octanol–water partition coefficient (Wildman–Crippen LogP) is 6.87. The molecule has 146 valence electrons. The van der Waals surface area contributed by atoms with Gasteiger partial charge in [-0.05, 0) is 53.6 Å². The Bertz CT molecular complexity index is 1010. The molecule has 1 aliphatic heterocycles. The molecule has 3 aromatic carbocycles. The van der Waals surface area contributed by atoms with Crippen molar-refractivity contribution < 1.29 is 0 Å². The van der Waals surface area contributed by atoms with E-state index in [0.717, 1.165) is 13.0 Å². The van der Waals surface area contributed by atoms with Crippen LogP contribution in [0.2, 0.25) is 0 Å². The van der Waals surface area contributed by atoms with Crippen molar-refractivity contribution in [3.8, 4) is 11.1 Å². The summed E-state index contributed by atoms with van der Waals surface area (Å²) >= 11 is 0. The highest BCUT2D eigenvalue weighted by atomic mass is 15.0. The standard InChI is InChI=1S/C27H28N2/c1-3-11-22(12-4-1)23-14-9-10-21(18-23)20-28-26-27(16-7-2-8-17-27)19-24-13-5-6-15-25(24)29-26/h1,3-6,9-15,18H,2,7-8,16-17,19-20H2,(H,28,29). The van der Waals surface area contributed by atoms with Crippen molar-refractivity contribution in [1.82, 2.24) is 0 Å². The minimum atomic E-state index is 0.198. The Balaban J connectivity index is 1.44. The van der Waals surface area contributed by atoms with Gasteiger partial charge in [0.05, 0.1) is 6.54 Å². The van der Waals surface area contributed by atoms with Crippen molar-refractivity contribution in [3.63, 3.8) is 0 Å². The highest BCUT2D eigenvalue weighted by Crippen LogP contribution is 2.45. The van der Waals surface area contributed by atoms with Crippen molar-refractivity contribution in [2.45, 2.75) is 45.1 Å². The number of fused-ring (bicyclic) bond motifs is 1. The molecule has 0 amide bonds. The van der Waals surface area contributed by atoms with E-state index < -0.39 is 0 Å². The van der Waals surface area contributed by atoms with Crippen LogP contribution in [-0.4, -0.2) is 5.84 Å². The summed E-state index contributed by atoms with van der Waals surface area (Å²) in [4.78, 5) is 5.17. The van der Waals surface area contributed by atoms with Crippen molar-refractivity contribution in [3.05, 3.63) is 90.0 Å². The molecular weight excluding hydrogens is 352 g/mol. The molecular formula is C27H28N2. The number of rotatable bonds is 3. The molecule has 1 saturated carbocycles. The van der Waals surface area contributed by atoms with Crippen molar-refractivity contribution >= 4 is 11.5 Å². The normalized spacial score (nSPS) is 19.0. The third-order valence-corrected chi connectivity index (χ3v) is 6.57. The smallest absolute Gasteiger partial charge is 0.108 e. The number of nitrogens with one attached hydrogen (secondary N) is 1. The van der Waals surface area contributed by atoms with E-state index in [4.69, 9.17) is 4.99 Å². The van der Waals surface area contributed by atoms with Gasteiger partial charge in [-0.15, -0.1) is 0 Å². The fraction of sp³-hybridized carbons (Fsp3) is 0.296. The first-order chi connectivity index (χ1) is 14.3. The first-order valence-electron chi connectivity index (χ1n) is 10.9. The van der Waals surface area contributed by atoms with Crippen LogP contribution in [0.25, 0.3) is 11.1 Å². The third kappa shape index (κ3) is 3.72. The monoisotopic (exact) mass is 380 g/mol. The molecule has 1 spiro atoms. The lowest BCUT2D eigenvalue weighted by molar-refractivity contribution is 0.278. The zero-order valence-electron chi connectivity index (χ0n) is 16.9. The number of amidine groups is 1. The topological polar surface area (TPSA) is 24.4 Å². The van der Waals surface area contributed by atoms with Gasteiger partial charge in [-0.25, -0.2) is 0 Å². The summed E-state index contributed by atoms with van der Waals surface area (Å²) in [6, 6.07) is 28.1. The number of anilines is 1. The van der Waals surface area contributed by atoms with Gasteiger partial charge in [0, 0.05) is 11.1 Å². The molecule has 2 heteroatoms. The third-order valence-electron chi connectivity index (χ3n) is 6.57. The molecule has 0 bridgehead atoms. The lowest BCUT2D eigenvalue weighted by Crippen LogP contribution is -2.43. The van der Waals surface area contributed by atoms with Crippen LogP contribution in [0.5, 0.6) is 0 Å². The average molecular weight is 381 g/mol. The first-order valence-corrected chi connectivity index (χ1v) is 10.9. The molecule has 1 aliphatic carbocycles. The lowest BCUT2D eigenvalue weighted by atomic mass is 9.67. The van der Waals surface area contributed by atoms with Crippen molar-refractivity contribution in [2.24, 2.45) is 10.4 Å². The van der Waals surface area contributed by atoms with Crippen LogP contribution in [0.15, 0.2) is 83.9 Å². The summed E-state index contributed by atoms with van der Waals surface area (Å²) in [5.41, 5.74) is 6.67. The van der Waals surface area contributed by atoms with Crippen molar-refractivity contribution in [1.29, 1.82) is 0 Å². The molecule has 0 atom stereocenters. The Hall–Kier alpha value is -2.87. The Kier molecular flexibility index (Phi) is 4.93. The quantitative estimate of drug-likeness (QED) is 0.527. The van der Waals surface area contributed by atoms with E-state index in [2.05, 4.69) is 84.2 Å². The second-order valence-corrected chi connectivity index (χ2v) is 8.53. The Morgan fingerprint density at radius 1 is 0.759 bits per heavy atom. The zero-order chi connectivity index (χ0) is 19.5. The zero-order valence-corrected chi connectivity index (χ0v) is 16.9. The van der Waals surface area contributed by atoms with E-state index in [-0.39, 0.29) is 5.41 Å².